The first-order valence-electron chi connectivity index (χ1n) is 0.408. The van der Waals surface area contributed by atoms with E-state index < -0.39 is 21.1 Å². The summed E-state index contributed by atoms with van der Waals surface area (Å²) >= 11 is -2.27. The van der Waals surface area contributed by atoms with Gasteiger partial charge in [-0.25, -0.2) is 0 Å². The summed E-state index contributed by atoms with van der Waals surface area (Å²) in [6.07, 6.45) is 0. The second-order valence-corrected chi connectivity index (χ2v) is 0.559. The Morgan fingerprint density at radius 1 is 1.25 bits per heavy atom. The van der Waals surface area contributed by atoms with Gasteiger partial charge in [-0.1, -0.05) is 0 Å². The molecule has 0 atom stereocenters. The monoisotopic (exact) mass is 347 g/mol. The van der Waals surface area contributed by atoms with Crippen LogP contribution in [-0.2, 0) is 27.2 Å². The third-order valence-corrected chi connectivity index (χ3v) is 0. The van der Waals surface area contributed by atoms with Gasteiger partial charge in [-0.15, -0.1) is 0 Å². The third kappa shape index (κ3) is 11.4. The van der Waals surface area contributed by atoms with Crippen molar-refractivity contribution in [3.8, 4) is 0 Å². The van der Waals surface area contributed by atoms with E-state index >= 15 is 0 Å². The maximum Gasteiger partial charge on any atom is 0 e. The maximum absolute atomic E-state index is 8.54. The summed E-state index contributed by atoms with van der Waals surface area (Å²) in [7, 11) is 0. The fourth-order valence-corrected chi connectivity index (χ4v) is 0. The summed E-state index contributed by atoms with van der Waals surface area (Å²) in [5.74, 6) is 0. The average molecular weight is 346 g/mol. The summed E-state index contributed by atoms with van der Waals surface area (Å²) in [5.41, 5.74) is 0. The van der Waals surface area contributed by atoms with Crippen LogP contribution >= 0.6 is 0 Å². The zero-order chi connectivity index (χ0) is 2.71. The van der Waals surface area contributed by atoms with Gasteiger partial charge in [-0.3, -0.25) is 0 Å². The molecule has 0 bridgehead atoms. The second-order valence-electron chi connectivity index (χ2n) is 0.0833. The van der Waals surface area contributed by atoms with Gasteiger partial charge >= 0.3 is 27.3 Å². The molecule has 26 valence electrons. The number of hydrogen-bond acceptors (Lipinski definition) is 2. The molecular weight excluding hydrogens is 346 g/mol. The molecule has 0 aromatic heterocycles. The molecule has 0 aliphatic heterocycles. The van der Waals surface area contributed by atoms with E-state index in [4.69, 9.17) is 6.15 Å². The summed E-state index contributed by atoms with van der Waals surface area (Å²) in [5, 5.41) is 0. The van der Waals surface area contributed by atoms with Gasteiger partial charge in [0, 0.05) is 21.1 Å². The molecule has 0 saturated heterocycles. The third-order valence-electron chi connectivity index (χ3n) is 0. The van der Waals surface area contributed by atoms with Gasteiger partial charge in [0.1, 0.15) is 0 Å². The van der Waals surface area contributed by atoms with Crippen LogP contribution in [0.4, 0.5) is 0 Å². The summed E-state index contributed by atoms with van der Waals surface area (Å²) in [6.45, 7) is 0. The van der Waals surface area contributed by atoms with Crippen LogP contribution in [0.2, 0.25) is 0 Å². The maximum atomic E-state index is 8.54. The predicted octanol–water partition coefficient (Wildman–Crippen LogP) is -0.621. The second kappa shape index (κ2) is 8.94. The van der Waals surface area contributed by atoms with E-state index in [0.29, 0.717) is 0 Å². The molecule has 0 unspecified atom stereocenters. The standard InChI is InChI=1S/2O.Pt.Sn. The smallest absolute Gasteiger partial charge is 0 e. The normalized spacial score (nSPS) is 2.00. The molecule has 4 heavy (non-hydrogen) atoms. The van der Waals surface area contributed by atoms with Crippen molar-refractivity contribution in [1.29, 1.82) is 0 Å². The van der Waals surface area contributed by atoms with E-state index in [9.17, 15) is 0 Å². The molecule has 0 radical (unpaired) electrons. The van der Waals surface area contributed by atoms with E-state index in [-0.39, 0.29) is 21.1 Å². The first-order valence-corrected chi connectivity index (χ1v) is 2.74. The van der Waals surface area contributed by atoms with Crippen molar-refractivity contribution in [2.75, 3.05) is 0 Å². The van der Waals surface area contributed by atoms with Crippen molar-refractivity contribution >= 4 is 21.1 Å². The molecule has 0 aromatic rings. The summed E-state index contributed by atoms with van der Waals surface area (Å²) in [6, 6.07) is 0. The van der Waals surface area contributed by atoms with E-state index in [2.05, 4.69) is 0 Å². The Labute approximate surface area is 48.2 Å². The van der Waals surface area contributed by atoms with Crippen LogP contribution < -0.4 is 0 Å². The van der Waals surface area contributed by atoms with Gasteiger partial charge in [0.25, 0.3) is 0 Å². The van der Waals surface area contributed by atoms with Crippen LogP contribution in [-0.4, -0.2) is 21.1 Å². The minimum atomic E-state index is -2.27. The fraction of sp³-hybridized carbons (Fsp3) is 0. The molecule has 0 spiro atoms. The Balaban J connectivity index is 0. The Morgan fingerprint density at radius 2 is 1.25 bits per heavy atom. The molecule has 4 heteroatoms. The van der Waals surface area contributed by atoms with Crippen LogP contribution in [0.15, 0.2) is 0 Å². The Hall–Kier alpha value is 1.09. The molecule has 0 heterocycles. The van der Waals surface area contributed by atoms with E-state index in [1.165, 1.54) is 0 Å². The molecule has 0 rings (SSSR count). The first-order chi connectivity index (χ1) is 1.41. The van der Waals surface area contributed by atoms with Crippen molar-refractivity contribution in [2.24, 2.45) is 0 Å². The Morgan fingerprint density at radius 3 is 1.25 bits per heavy atom. The zero-order valence-electron chi connectivity index (χ0n) is 1.63. The molecule has 0 aliphatic carbocycles. The quantitative estimate of drug-likeness (QED) is 0.548. The van der Waals surface area contributed by atoms with Crippen LogP contribution in [0.5, 0.6) is 0 Å². The molecule has 2 nitrogen and oxygen atoms in total. The van der Waals surface area contributed by atoms with Crippen LogP contribution in [0.25, 0.3) is 0 Å². The SMILES string of the molecule is [O]=[Sn]=[O].[Pt]. The molecule has 0 amide bonds. The van der Waals surface area contributed by atoms with Gasteiger partial charge < -0.3 is 0 Å². The van der Waals surface area contributed by atoms with Crippen LogP contribution in [0, 0.1) is 0 Å². The average Bonchev–Trinajstić information content (AvgIpc) is 0.918. The van der Waals surface area contributed by atoms with E-state index in [1.54, 1.807) is 0 Å². The van der Waals surface area contributed by atoms with Crippen LogP contribution in [0.3, 0.4) is 0 Å². The molecule has 0 fully saturated rings. The molecular formula is O2PtSn. The minimum absolute atomic E-state index is 0. The van der Waals surface area contributed by atoms with Crippen molar-refractivity contribution in [1.82, 2.24) is 0 Å². The van der Waals surface area contributed by atoms with Gasteiger partial charge in [0.15, 0.2) is 0 Å². The molecule has 0 aliphatic rings. The largest absolute Gasteiger partial charge is 0 e. The predicted molar refractivity (Wildman–Crippen MR) is 7.13 cm³/mol. The summed E-state index contributed by atoms with van der Waals surface area (Å²) < 4.78 is 17.1. The minimum Gasteiger partial charge on any atom is 0 e. The zero-order valence-corrected chi connectivity index (χ0v) is 6.76. The van der Waals surface area contributed by atoms with Crippen molar-refractivity contribution in [2.45, 2.75) is 0 Å². The first kappa shape index (κ1) is 8.92. The van der Waals surface area contributed by atoms with Crippen molar-refractivity contribution in [3.05, 3.63) is 0 Å². The summed E-state index contributed by atoms with van der Waals surface area (Å²) in [4.78, 5) is 0. The van der Waals surface area contributed by atoms with Crippen LogP contribution in [0.1, 0.15) is 0 Å². The van der Waals surface area contributed by atoms with E-state index in [1.807, 2.05) is 0 Å². The Kier molecular flexibility index (Phi) is 19.9. The van der Waals surface area contributed by atoms with Crippen molar-refractivity contribution in [3.63, 3.8) is 0 Å². The van der Waals surface area contributed by atoms with Gasteiger partial charge in [-0.05, 0) is 0 Å². The van der Waals surface area contributed by atoms with E-state index in [0.717, 1.165) is 0 Å². The van der Waals surface area contributed by atoms with Gasteiger partial charge in [0.2, 0.25) is 0 Å². The molecule has 0 N–H and O–H groups in total. The topological polar surface area (TPSA) is 34.1 Å². The van der Waals surface area contributed by atoms with Crippen molar-refractivity contribution < 1.29 is 27.2 Å². The van der Waals surface area contributed by atoms with Gasteiger partial charge in [0.05, 0.1) is 0 Å². The number of rotatable bonds is 0. The molecule has 0 saturated carbocycles. The Bertz CT molecular complexity index is 27.0. The van der Waals surface area contributed by atoms with Gasteiger partial charge in [-0.2, -0.15) is 0 Å². The fourth-order valence-electron chi connectivity index (χ4n) is 0. The molecule has 0 aromatic carbocycles. The number of hydrogen-bond donors (Lipinski definition) is 0.